The van der Waals surface area contributed by atoms with E-state index in [0.717, 1.165) is 5.56 Å². The number of benzene rings is 2. The average molecular weight is 453 g/mol. The van der Waals surface area contributed by atoms with E-state index in [2.05, 4.69) is 10.4 Å². The minimum atomic E-state index is -0.131. The lowest BCUT2D eigenvalue weighted by atomic mass is 10.1. The SMILES string of the molecule is Cc1nn(CCCNC(=O)c2ccc(COc3cccc(Cl)c3)cc2)c(Cl)c1Cl. The maximum atomic E-state index is 12.3. The van der Waals surface area contributed by atoms with Gasteiger partial charge in [0.25, 0.3) is 5.91 Å². The normalized spacial score (nSPS) is 10.8. The van der Waals surface area contributed by atoms with Crippen molar-refractivity contribution in [1.29, 1.82) is 0 Å². The molecule has 0 fully saturated rings. The Hall–Kier alpha value is -2.21. The van der Waals surface area contributed by atoms with Crippen LogP contribution in [0.15, 0.2) is 48.5 Å². The number of nitrogens with zero attached hydrogens (tertiary/aromatic N) is 2. The van der Waals surface area contributed by atoms with Crippen LogP contribution < -0.4 is 10.1 Å². The molecule has 0 aliphatic carbocycles. The van der Waals surface area contributed by atoms with Crippen molar-refractivity contribution in [2.75, 3.05) is 6.54 Å². The second-order valence-corrected chi connectivity index (χ2v) is 7.64. The number of rotatable bonds is 8. The number of nitrogens with one attached hydrogen (secondary N) is 1. The number of carbonyl (C=O) groups excluding carboxylic acids is 1. The van der Waals surface area contributed by atoms with Gasteiger partial charge < -0.3 is 10.1 Å². The van der Waals surface area contributed by atoms with Gasteiger partial charge in [-0.2, -0.15) is 5.10 Å². The average Bonchev–Trinajstić information content (AvgIpc) is 2.96. The van der Waals surface area contributed by atoms with Crippen LogP contribution in [0, 0.1) is 6.92 Å². The minimum absolute atomic E-state index is 0.131. The first-order valence-electron chi connectivity index (χ1n) is 9.08. The molecular weight excluding hydrogens is 433 g/mol. The van der Waals surface area contributed by atoms with E-state index in [1.54, 1.807) is 35.9 Å². The lowest BCUT2D eigenvalue weighted by Gasteiger charge is -2.08. The predicted molar refractivity (Wildman–Crippen MR) is 116 cm³/mol. The molecule has 0 bridgehead atoms. The van der Waals surface area contributed by atoms with Crippen molar-refractivity contribution < 1.29 is 9.53 Å². The molecule has 0 spiro atoms. The zero-order valence-electron chi connectivity index (χ0n) is 15.8. The molecule has 2 aromatic carbocycles. The van der Waals surface area contributed by atoms with E-state index in [9.17, 15) is 4.79 Å². The lowest BCUT2D eigenvalue weighted by Crippen LogP contribution is -2.25. The van der Waals surface area contributed by atoms with Crippen LogP contribution in [0.5, 0.6) is 5.75 Å². The van der Waals surface area contributed by atoms with E-state index >= 15 is 0 Å². The summed E-state index contributed by atoms with van der Waals surface area (Å²) in [5, 5.41) is 8.67. The Morgan fingerprint density at radius 1 is 1.14 bits per heavy atom. The number of hydrogen-bond acceptors (Lipinski definition) is 3. The zero-order valence-corrected chi connectivity index (χ0v) is 18.1. The predicted octanol–water partition coefficient (Wildman–Crippen LogP) is 5.55. The van der Waals surface area contributed by atoms with E-state index in [1.165, 1.54) is 0 Å². The topological polar surface area (TPSA) is 56.2 Å². The van der Waals surface area contributed by atoms with E-state index in [0.29, 0.717) is 58.3 Å². The van der Waals surface area contributed by atoms with E-state index < -0.39 is 0 Å². The molecule has 0 saturated carbocycles. The summed E-state index contributed by atoms with van der Waals surface area (Å²) < 4.78 is 7.34. The first-order chi connectivity index (χ1) is 13.9. The molecule has 1 N–H and O–H groups in total. The second kappa shape index (κ2) is 10.0. The summed E-state index contributed by atoms with van der Waals surface area (Å²) in [6, 6.07) is 14.5. The molecule has 0 aliphatic heterocycles. The Balaban J connectivity index is 1.44. The van der Waals surface area contributed by atoms with Gasteiger partial charge in [-0.05, 0) is 49.2 Å². The Labute approximate surface area is 184 Å². The van der Waals surface area contributed by atoms with Crippen molar-refractivity contribution in [2.24, 2.45) is 0 Å². The molecule has 3 rings (SSSR count). The number of amides is 1. The van der Waals surface area contributed by atoms with Gasteiger partial charge in [-0.15, -0.1) is 0 Å². The molecule has 1 amide bonds. The van der Waals surface area contributed by atoms with Gasteiger partial charge in [-0.1, -0.05) is 53.0 Å². The van der Waals surface area contributed by atoms with Crippen LogP contribution in [0.2, 0.25) is 15.2 Å². The highest BCUT2D eigenvalue weighted by atomic mass is 35.5. The fourth-order valence-electron chi connectivity index (χ4n) is 2.69. The van der Waals surface area contributed by atoms with Crippen LogP contribution in [0.3, 0.4) is 0 Å². The lowest BCUT2D eigenvalue weighted by molar-refractivity contribution is 0.0952. The van der Waals surface area contributed by atoms with Crippen LogP contribution in [-0.2, 0) is 13.2 Å². The molecule has 1 heterocycles. The molecule has 3 aromatic rings. The third-order valence-corrected chi connectivity index (χ3v) is 5.41. The van der Waals surface area contributed by atoms with Crippen LogP contribution in [0.25, 0.3) is 0 Å². The minimum Gasteiger partial charge on any atom is -0.489 e. The van der Waals surface area contributed by atoms with Crippen LogP contribution in [0.1, 0.15) is 28.0 Å². The van der Waals surface area contributed by atoms with Crippen molar-refractivity contribution in [1.82, 2.24) is 15.1 Å². The Morgan fingerprint density at radius 3 is 2.55 bits per heavy atom. The van der Waals surface area contributed by atoms with Gasteiger partial charge >= 0.3 is 0 Å². The molecule has 0 unspecified atom stereocenters. The summed E-state index contributed by atoms with van der Waals surface area (Å²) in [5.74, 6) is 0.571. The first-order valence-corrected chi connectivity index (χ1v) is 10.2. The smallest absolute Gasteiger partial charge is 0.251 e. The summed E-state index contributed by atoms with van der Waals surface area (Å²) in [6.07, 6.45) is 0.689. The monoisotopic (exact) mass is 451 g/mol. The van der Waals surface area contributed by atoms with Gasteiger partial charge in [-0.3, -0.25) is 9.48 Å². The molecular formula is C21H20Cl3N3O2. The third kappa shape index (κ3) is 5.89. The highest BCUT2D eigenvalue weighted by molar-refractivity contribution is 6.41. The van der Waals surface area contributed by atoms with Crippen molar-refractivity contribution in [3.8, 4) is 5.75 Å². The van der Waals surface area contributed by atoms with Crippen LogP contribution in [0.4, 0.5) is 0 Å². The van der Waals surface area contributed by atoms with Crippen LogP contribution >= 0.6 is 34.8 Å². The molecule has 29 heavy (non-hydrogen) atoms. The van der Waals surface area contributed by atoms with Gasteiger partial charge in [0.05, 0.1) is 5.69 Å². The van der Waals surface area contributed by atoms with Gasteiger partial charge in [0.1, 0.15) is 22.5 Å². The Bertz CT molecular complexity index is 987. The fourth-order valence-corrected chi connectivity index (χ4v) is 3.26. The number of halogens is 3. The molecule has 0 atom stereocenters. The van der Waals surface area contributed by atoms with Crippen molar-refractivity contribution >= 4 is 40.7 Å². The van der Waals surface area contributed by atoms with Gasteiger partial charge in [0, 0.05) is 23.7 Å². The molecule has 8 heteroatoms. The first kappa shape index (κ1) is 21.5. The highest BCUT2D eigenvalue weighted by Gasteiger charge is 2.11. The molecule has 152 valence electrons. The number of carbonyl (C=O) groups is 1. The summed E-state index contributed by atoms with van der Waals surface area (Å²) in [4.78, 5) is 12.3. The van der Waals surface area contributed by atoms with Gasteiger partial charge in [0.2, 0.25) is 0 Å². The van der Waals surface area contributed by atoms with Crippen molar-refractivity contribution in [2.45, 2.75) is 26.5 Å². The fraction of sp³-hybridized carbons (Fsp3) is 0.238. The molecule has 5 nitrogen and oxygen atoms in total. The molecule has 0 aliphatic rings. The van der Waals surface area contributed by atoms with Crippen molar-refractivity contribution in [3.63, 3.8) is 0 Å². The van der Waals surface area contributed by atoms with Crippen LogP contribution in [-0.4, -0.2) is 22.2 Å². The highest BCUT2D eigenvalue weighted by Crippen LogP contribution is 2.25. The molecule has 0 radical (unpaired) electrons. The van der Waals surface area contributed by atoms with E-state index in [1.807, 2.05) is 24.3 Å². The maximum Gasteiger partial charge on any atom is 0.251 e. The third-order valence-electron chi connectivity index (χ3n) is 4.25. The van der Waals surface area contributed by atoms with E-state index in [4.69, 9.17) is 39.5 Å². The summed E-state index contributed by atoms with van der Waals surface area (Å²) in [6.45, 7) is 3.28. The van der Waals surface area contributed by atoms with Gasteiger partial charge in [0.15, 0.2) is 0 Å². The molecule has 1 aromatic heterocycles. The summed E-state index contributed by atoms with van der Waals surface area (Å²) >= 11 is 18.1. The maximum absolute atomic E-state index is 12.3. The second-order valence-electron chi connectivity index (χ2n) is 6.47. The Kier molecular flexibility index (Phi) is 7.42. The van der Waals surface area contributed by atoms with Gasteiger partial charge in [-0.25, -0.2) is 0 Å². The number of aryl methyl sites for hydroxylation is 2. The van der Waals surface area contributed by atoms with E-state index in [-0.39, 0.29) is 5.91 Å². The van der Waals surface area contributed by atoms with Crippen molar-refractivity contribution in [3.05, 3.63) is 80.6 Å². The zero-order chi connectivity index (χ0) is 20.8. The standard InChI is InChI=1S/C21H20Cl3N3O2/c1-14-19(23)20(24)27(26-14)11-3-10-25-21(28)16-8-6-15(7-9-16)13-29-18-5-2-4-17(22)12-18/h2,4-9,12H,3,10-11,13H2,1H3,(H,25,28). The quantitative estimate of drug-likeness (QED) is 0.456. The largest absolute Gasteiger partial charge is 0.489 e. The molecule has 0 saturated heterocycles. The number of ether oxygens (including phenoxy) is 1. The Morgan fingerprint density at radius 2 is 1.90 bits per heavy atom. The number of hydrogen-bond donors (Lipinski definition) is 1. The summed E-state index contributed by atoms with van der Waals surface area (Å²) in [7, 11) is 0. The number of aromatic nitrogens is 2. The summed E-state index contributed by atoms with van der Waals surface area (Å²) in [5.41, 5.74) is 2.25.